The molecule has 0 aromatic rings. The van der Waals surface area contributed by atoms with Gasteiger partial charge in [-0.25, -0.2) is 0 Å². The van der Waals surface area contributed by atoms with Crippen molar-refractivity contribution < 1.29 is 0 Å². The number of hydrogen-bond donors (Lipinski definition) is 1. The molecule has 14 heavy (non-hydrogen) atoms. The van der Waals surface area contributed by atoms with E-state index in [2.05, 4.69) is 50.0 Å². The molecule has 1 aliphatic rings. The van der Waals surface area contributed by atoms with Gasteiger partial charge in [0, 0.05) is 31.2 Å². The monoisotopic (exact) mass is 199 g/mol. The molecule has 0 aromatic heterocycles. The van der Waals surface area contributed by atoms with Gasteiger partial charge >= 0.3 is 0 Å². The summed E-state index contributed by atoms with van der Waals surface area (Å²) in [6, 6.07) is 1.88. The Morgan fingerprint density at radius 2 is 2.00 bits per heavy atom. The molecule has 3 nitrogen and oxygen atoms in total. The molecule has 2 atom stereocenters. The van der Waals surface area contributed by atoms with E-state index in [-0.39, 0.29) is 0 Å². The van der Waals surface area contributed by atoms with Crippen molar-refractivity contribution in [3.8, 4) is 0 Å². The first kappa shape index (κ1) is 12.0. The molecule has 1 saturated heterocycles. The first-order chi connectivity index (χ1) is 6.54. The Morgan fingerprint density at radius 1 is 1.36 bits per heavy atom. The van der Waals surface area contributed by atoms with Crippen LogP contribution in [0.1, 0.15) is 20.8 Å². The van der Waals surface area contributed by atoms with Crippen molar-refractivity contribution in [2.24, 2.45) is 0 Å². The van der Waals surface area contributed by atoms with Gasteiger partial charge in [0.15, 0.2) is 0 Å². The van der Waals surface area contributed by atoms with Crippen LogP contribution in [0.2, 0.25) is 0 Å². The van der Waals surface area contributed by atoms with Gasteiger partial charge in [-0.05, 0) is 20.6 Å². The normalized spacial score (nSPS) is 29.4. The lowest BCUT2D eigenvalue weighted by Crippen LogP contribution is -2.48. The van der Waals surface area contributed by atoms with E-state index in [0.29, 0.717) is 18.1 Å². The zero-order chi connectivity index (χ0) is 10.7. The Balaban J connectivity index is 2.53. The van der Waals surface area contributed by atoms with Crippen LogP contribution in [-0.4, -0.2) is 61.7 Å². The second-order valence-corrected chi connectivity index (χ2v) is 4.81. The van der Waals surface area contributed by atoms with Crippen LogP contribution in [0.3, 0.4) is 0 Å². The third-order valence-electron chi connectivity index (χ3n) is 3.02. The second-order valence-electron chi connectivity index (χ2n) is 4.81. The van der Waals surface area contributed by atoms with Crippen LogP contribution in [0.5, 0.6) is 0 Å². The van der Waals surface area contributed by atoms with Gasteiger partial charge in [-0.1, -0.05) is 20.8 Å². The molecule has 0 amide bonds. The van der Waals surface area contributed by atoms with E-state index in [4.69, 9.17) is 0 Å². The zero-order valence-electron chi connectivity index (χ0n) is 10.2. The Morgan fingerprint density at radius 3 is 2.43 bits per heavy atom. The van der Waals surface area contributed by atoms with E-state index >= 15 is 0 Å². The maximum absolute atomic E-state index is 3.65. The summed E-state index contributed by atoms with van der Waals surface area (Å²) in [5, 5.41) is 3.65. The summed E-state index contributed by atoms with van der Waals surface area (Å²) in [5.74, 6) is 0. The Hall–Kier alpha value is -0.120. The number of nitrogens with one attached hydrogen (secondary N) is 1. The van der Waals surface area contributed by atoms with Crippen LogP contribution in [0.15, 0.2) is 0 Å². The highest BCUT2D eigenvalue weighted by Crippen LogP contribution is 2.14. The van der Waals surface area contributed by atoms with Gasteiger partial charge in [0.2, 0.25) is 0 Å². The highest BCUT2D eigenvalue weighted by atomic mass is 15.3. The van der Waals surface area contributed by atoms with Gasteiger partial charge in [-0.15, -0.1) is 0 Å². The highest BCUT2D eigenvalue weighted by molar-refractivity contribution is 4.94. The fraction of sp³-hybridized carbons (Fsp3) is 1.00. The first-order valence-corrected chi connectivity index (χ1v) is 5.69. The molecule has 1 rings (SSSR count). The minimum atomic E-state index is 0.583. The van der Waals surface area contributed by atoms with Crippen molar-refractivity contribution in [1.29, 1.82) is 0 Å². The molecule has 0 aromatic carbocycles. The zero-order valence-corrected chi connectivity index (χ0v) is 10.2. The predicted molar refractivity (Wildman–Crippen MR) is 61.6 cm³/mol. The number of likely N-dealkylation sites (N-methyl/N-ethyl adjacent to an activating group) is 2. The Labute approximate surface area is 88.5 Å². The van der Waals surface area contributed by atoms with Crippen molar-refractivity contribution >= 4 is 0 Å². The largest absolute Gasteiger partial charge is 0.309 e. The van der Waals surface area contributed by atoms with Crippen molar-refractivity contribution in [2.75, 3.05) is 33.7 Å². The summed E-state index contributed by atoms with van der Waals surface area (Å²) in [7, 11) is 4.36. The van der Waals surface area contributed by atoms with E-state index in [0.717, 1.165) is 0 Å². The molecule has 1 heterocycles. The minimum absolute atomic E-state index is 0.583. The number of likely N-dealkylation sites (tertiary alicyclic amines) is 1. The van der Waals surface area contributed by atoms with Crippen molar-refractivity contribution in [3.05, 3.63) is 0 Å². The van der Waals surface area contributed by atoms with Gasteiger partial charge in [0.25, 0.3) is 0 Å². The number of hydrogen-bond acceptors (Lipinski definition) is 3. The Kier molecular flexibility index (Phi) is 4.35. The van der Waals surface area contributed by atoms with Crippen LogP contribution in [0.4, 0.5) is 0 Å². The van der Waals surface area contributed by atoms with Gasteiger partial charge in [0.1, 0.15) is 0 Å². The van der Waals surface area contributed by atoms with Crippen LogP contribution in [0.25, 0.3) is 0 Å². The molecule has 1 N–H and O–H groups in total. The van der Waals surface area contributed by atoms with Crippen LogP contribution < -0.4 is 5.32 Å². The first-order valence-electron chi connectivity index (χ1n) is 5.69. The van der Waals surface area contributed by atoms with E-state index in [1.165, 1.54) is 19.6 Å². The third kappa shape index (κ3) is 2.94. The predicted octanol–water partition coefficient (Wildman–Crippen LogP) is 0.619. The fourth-order valence-corrected chi connectivity index (χ4v) is 2.24. The molecule has 0 saturated carbocycles. The van der Waals surface area contributed by atoms with Crippen LogP contribution in [-0.2, 0) is 0 Å². The SMILES string of the molecule is CCN1C[C@H](NC(C)C)[C@@H](N(C)C)C1. The Bertz CT molecular complexity index is 168. The van der Waals surface area contributed by atoms with Crippen LogP contribution in [0, 0.1) is 0 Å². The summed E-state index contributed by atoms with van der Waals surface area (Å²) >= 11 is 0. The van der Waals surface area contributed by atoms with Crippen molar-refractivity contribution in [1.82, 2.24) is 15.1 Å². The second kappa shape index (κ2) is 5.10. The summed E-state index contributed by atoms with van der Waals surface area (Å²) < 4.78 is 0. The summed E-state index contributed by atoms with van der Waals surface area (Å²) in [6.45, 7) is 10.2. The summed E-state index contributed by atoms with van der Waals surface area (Å²) in [4.78, 5) is 4.86. The lowest BCUT2D eigenvalue weighted by atomic mass is 10.1. The maximum atomic E-state index is 3.65. The van der Waals surface area contributed by atoms with Crippen molar-refractivity contribution in [3.63, 3.8) is 0 Å². The van der Waals surface area contributed by atoms with E-state index in [1.807, 2.05) is 0 Å². The average molecular weight is 199 g/mol. The lowest BCUT2D eigenvalue weighted by Gasteiger charge is -2.27. The molecule has 1 fully saturated rings. The van der Waals surface area contributed by atoms with E-state index < -0.39 is 0 Å². The number of rotatable bonds is 4. The van der Waals surface area contributed by atoms with Crippen molar-refractivity contribution in [2.45, 2.75) is 38.9 Å². The smallest absolute Gasteiger partial charge is 0.0383 e. The lowest BCUT2D eigenvalue weighted by molar-refractivity contribution is 0.252. The standard InChI is InChI=1S/C11H25N3/c1-6-14-7-10(12-9(2)3)11(8-14)13(4)5/h9-12H,6-8H2,1-5H3/t10-,11-/m0/s1. The van der Waals surface area contributed by atoms with Crippen LogP contribution >= 0.6 is 0 Å². The average Bonchev–Trinajstić information content (AvgIpc) is 2.46. The molecule has 1 aliphatic heterocycles. The third-order valence-corrected chi connectivity index (χ3v) is 3.02. The summed E-state index contributed by atoms with van der Waals surface area (Å²) in [6.07, 6.45) is 0. The highest BCUT2D eigenvalue weighted by Gasteiger charge is 2.33. The van der Waals surface area contributed by atoms with E-state index in [1.54, 1.807) is 0 Å². The molecule has 0 bridgehead atoms. The van der Waals surface area contributed by atoms with Gasteiger partial charge in [-0.2, -0.15) is 0 Å². The van der Waals surface area contributed by atoms with Gasteiger partial charge in [-0.3, -0.25) is 0 Å². The molecule has 0 aliphatic carbocycles. The molecular weight excluding hydrogens is 174 g/mol. The minimum Gasteiger partial charge on any atom is -0.309 e. The molecule has 3 heteroatoms. The quantitative estimate of drug-likeness (QED) is 0.716. The molecule has 84 valence electrons. The maximum Gasteiger partial charge on any atom is 0.0383 e. The fourth-order valence-electron chi connectivity index (χ4n) is 2.24. The molecule has 0 unspecified atom stereocenters. The van der Waals surface area contributed by atoms with Gasteiger partial charge < -0.3 is 15.1 Å². The molecular formula is C11H25N3. The van der Waals surface area contributed by atoms with Gasteiger partial charge in [0.05, 0.1) is 0 Å². The summed E-state index contributed by atoms with van der Waals surface area (Å²) in [5.41, 5.74) is 0. The molecule has 0 spiro atoms. The molecule has 0 radical (unpaired) electrons. The number of nitrogens with zero attached hydrogens (tertiary/aromatic N) is 2. The van der Waals surface area contributed by atoms with E-state index in [9.17, 15) is 0 Å². The topological polar surface area (TPSA) is 18.5 Å².